The Balaban J connectivity index is 2.01. The molecule has 0 bridgehead atoms. The number of aliphatic hydroxyl groups excluding tert-OH is 1. The second-order valence-electron chi connectivity index (χ2n) is 5.56. The normalized spacial score (nSPS) is 12.0. The van der Waals surface area contributed by atoms with Crippen LogP contribution in [0.1, 0.15) is 34.3 Å². The van der Waals surface area contributed by atoms with Gasteiger partial charge in [-0.3, -0.25) is 4.79 Å². The summed E-state index contributed by atoms with van der Waals surface area (Å²) in [5.74, 6) is 1.28. The third-order valence-corrected chi connectivity index (χ3v) is 3.91. The summed E-state index contributed by atoms with van der Waals surface area (Å²) in [5.41, 5.74) is 2.30. The maximum Gasteiger partial charge on any atom is 0.253 e. The minimum atomic E-state index is -0.224. The van der Waals surface area contributed by atoms with Crippen LogP contribution in [-0.2, 0) is 6.61 Å². The van der Waals surface area contributed by atoms with Gasteiger partial charge in [0.25, 0.3) is 5.91 Å². The zero-order valence-electron chi connectivity index (χ0n) is 13.9. The molecule has 1 unspecified atom stereocenters. The number of aromatic nitrogens is 1. The molecule has 1 heterocycles. The molecule has 124 valence electrons. The van der Waals surface area contributed by atoms with Gasteiger partial charge in [0.1, 0.15) is 18.1 Å². The Morgan fingerprint density at radius 1 is 1.35 bits per heavy atom. The highest BCUT2D eigenvalue weighted by molar-refractivity contribution is 5.94. The molecule has 2 aromatic rings. The maximum atomic E-state index is 12.2. The summed E-state index contributed by atoms with van der Waals surface area (Å²) in [6.07, 6.45) is 0. The average Bonchev–Trinajstić information content (AvgIpc) is 2.89. The lowest BCUT2D eigenvalue weighted by molar-refractivity contribution is 0.0682. The molecule has 1 atom stereocenters. The minimum Gasteiger partial charge on any atom is -0.489 e. The van der Waals surface area contributed by atoms with Crippen LogP contribution in [-0.4, -0.2) is 40.8 Å². The molecule has 6 nitrogen and oxygen atoms in total. The first-order valence-corrected chi connectivity index (χ1v) is 7.46. The highest BCUT2D eigenvalue weighted by Crippen LogP contribution is 2.18. The lowest BCUT2D eigenvalue weighted by Gasteiger charge is -2.23. The van der Waals surface area contributed by atoms with Crippen LogP contribution in [0.4, 0.5) is 0 Å². The fourth-order valence-electron chi connectivity index (χ4n) is 2.08. The smallest absolute Gasteiger partial charge is 0.253 e. The third kappa shape index (κ3) is 3.90. The summed E-state index contributed by atoms with van der Waals surface area (Å²) in [6.45, 7) is 5.81. The third-order valence-electron chi connectivity index (χ3n) is 3.91. The van der Waals surface area contributed by atoms with Gasteiger partial charge < -0.3 is 19.3 Å². The van der Waals surface area contributed by atoms with E-state index in [9.17, 15) is 4.79 Å². The first-order valence-electron chi connectivity index (χ1n) is 7.46. The number of hydrogen-bond donors (Lipinski definition) is 1. The first kappa shape index (κ1) is 17.0. The molecule has 1 N–H and O–H groups in total. The van der Waals surface area contributed by atoms with Crippen molar-refractivity contribution in [2.45, 2.75) is 33.4 Å². The lowest BCUT2D eigenvalue weighted by Crippen LogP contribution is -2.37. The Morgan fingerprint density at radius 2 is 2.00 bits per heavy atom. The Labute approximate surface area is 135 Å². The van der Waals surface area contributed by atoms with Crippen LogP contribution in [0.5, 0.6) is 5.75 Å². The van der Waals surface area contributed by atoms with E-state index in [1.807, 2.05) is 13.8 Å². The van der Waals surface area contributed by atoms with Crippen molar-refractivity contribution in [1.82, 2.24) is 10.1 Å². The summed E-state index contributed by atoms with van der Waals surface area (Å²) < 4.78 is 10.8. The number of aliphatic hydroxyl groups is 1. The van der Waals surface area contributed by atoms with Crippen molar-refractivity contribution in [2.24, 2.45) is 0 Å². The van der Waals surface area contributed by atoms with Gasteiger partial charge in [-0.1, -0.05) is 5.16 Å². The molecule has 0 saturated heterocycles. The van der Waals surface area contributed by atoms with Crippen molar-refractivity contribution in [3.05, 3.63) is 46.8 Å². The molecule has 6 heteroatoms. The molecule has 0 saturated carbocycles. The molecule has 0 aliphatic heterocycles. The summed E-state index contributed by atoms with van der Waals surface area (Å²) in [7, 11) is 1.67. The number of hydrogen-bond acceptors (Lipinski definition) is 5. The molecule has 0 aliphatic rings. The van der Waals surface area contributed by atoms with Gasteiger partial charge in [-0.2, -0.15) is 0 Å². The van der Waals surface area contributed by atoms with E-state index in [-0.39, 0.29) is 18.6 Å². The highest BCUT2D eigenvalue weighted by atomic mass is 16.5. The van der Waals surface area contributed by atoms with Crippen LogP contribution in [0.15, 0.2) is 28.8 Å². The Hall–Kier alpha value is -2.34. The minimum absolute atomic E-state index is 0.0686. The van der Waals surface area contributed by atoms with Crippen LogP contribution in [0, 0.1) is 13.8 Å². The van der Waals surface area contributed by atoms with Crippen LogP contribution >= 0.6 is 0 Å². The molecule has 1 aromatic carbocycles. The Morgan fingerprint density at radius 3 is 2.52 bits per heavy atom. The van der Waals surface area contributed by atoms with Crippen LogP contribution in [0.25, 0.3) is 0 Å². The van der Waals surface area contributed by atoms with Crippen LogP contribution < -0.4 is 4.74 Å². The van der Waals surface area contributed by atoms with Crippen molar-refractivity contribution in [2.75, 3.05) is 13.7 Å². The molecule has 1 amide bonds. The SMILES string of the molecule is Cc1noc(C)c1COc1ccc(C(=O)N(C)C(C)CO)cc1. The van der Waals surface area contributed by atoms with Crippen molar-refractivity contribution in [3.63, 3.8) is 0 Å². The van der Waals surface area contributed by atoms with Gasteiger partial charge in [0.2, 0.25) is 0 Å². The molecule has 0 aliphatic carbocycles. The van der Waals surface area contributed by atoms with E-state index < -0.39 is 0 Å². The maximum absolute atomic E-state index is 12.2. The number of nitrogens with zero attached hydrogens (tertiary/aromatic N) is 2. The number of rotatable bonds is 6. The number of aryl methyl sites for hydroxylation is 2. The molecule has 0 radical (unpaired) electrons. The van der Waals surface area contributed by atoms with E-state index in [2.05, 4.69) is 5.16 Å². The number of likely N-dealkylation sites (N-methyl/N-ethyl adjacent to an activating group) is 1. The molecule has 0 fully saturated rings. The highest BCUT2D eigenvalue weighted by Gasteiger charge is 2.16. The van der Waals surface area contributed by atoms with Gasteiger partial charge in [0.15, 0.2) is 0 Å². The van der Waals surface area contributed by atoms with E-state index in [0.29, 0.717) is 17.9 Å². The summed E-state index contributed by atoms with van der Waals surface area (Å²) in [4.78, 5) is 13.8. The molecular formula is C17H22N2O4. The molecule has 0 spiro atoms. The van der Waals surface area contributed by atoms with Crippen LogP contribution in [0.3, 0.4) is 0 Å². The monoisotopic (exact) mass is 318 g/mol. The van der Waals surface area contributed by atoms with Gasteiger partial charge in [-0.15, -0.1) is 0 Å². The van der Waals surface area contributed by atoms with Gasteiger partial charge in [-0.05, 0) is 45.0 Å². The number of ether oxygens (including phenoxy) is 1. The van der Waals surface area contributed by atoms with Gasteiger partial charge in [0, 0.05) is 12.6 Å². The second kappa shape index (κ2) is 7.28. The van der Waals surface area contributed by atoms with E-state index in [0.717, 1.165) is 17.0 Å². The Kier molecular flexibility index (Phi) is 5.39. The van der Waals surface area contributed by atoms with Crippen LogP contribution in [0.2, 0.25) is 0 Å². The largest absolute Gasteiger partial charge is 0.489 e. The fourth-order valence-corrected chi connectivity index (χ4v) is 2.08. The van der Waals surface area contributed by atoms with Crippen molar-refractivity contribution in [3.8, 4) is 5.75 Å². The van der Waals surface area contributed by atoms with Crippen molar-refractivity contribution < 1.29 is 19.2 Å². The second-order valence-corrected chi connectivity index (χ2v) is 5.56. The van der Waals surface area contributed by atoms with E-state index >= 15 is 0 Å². The van der Waals surface area contributed by atoms with E-state index in [1.54, 1.807) is 38.2 Å². The quantitative estimate of drug-likeness (QED) is 0.884. The number of amides is 1. The number of carbonyl (C=O) groups is 1. The molecule has 23 heavy (non-hydrogen) atoms. The molecule has 2 rings (SSSR count). The predicted octanol–water partition coefficient (Wildman–Crippen LogP) is 2.32. The molecule has 1 aromatic heterocycles. The first-order chi connectivity index (χ1) is 10.9. The fraction of sp³-hybridized carbons (Fsp3) is 0.412. The standard InChI is InChI=1S/C17H22N2O4/c1-11(9-20)19(4)17(21)14-5-7-15(8-6-14)22-10-16-12(2)18-23-13(16)3/h5-8,11,20H,9-10H2,1-4H3. The van der Waals surface area contributed by atoms with Crippen molar-refractivity contribution >= 4 is 5.91 Å². The summed E-state index contributed by atoms with van der Waals surface area (Å²) in [5, 5.41) is 13.0. The van der Waals surface area contributed by atoms with Gasteiger partial charge in [0.05, 0.1) is 23.9 Å². The number of benzene rings is 1. The molecular weight excluding hydrogens is 296 g/mol. The zero-order chi connectivity index (χ0) is 17.0. The van der Waals surface area contributed by atoms with Gasteiger partial charge in [-0.25, -0.2) is 0 Å². The van der Waals surface area contributed by atoms with E-state index in [4.69, 9.17) is 14.4 Å². The summed E-state index contributed by atoms with van der Waals surface area (Å²) in [6, 6.07) is 6.71. The summed E-state index contributed by atoms with van der Waals surface area (Å²) >= 11 is 0. The Bertz CT molecular complexity index is 644. The van der Waals surface area contributed by atoms with E-state index in [1.165, 1.54) is 4.90 Å². The average molecular weight is 318 g/mol. The predicted molar refractivity (Wildman–Crippen MR) is 85.4 cm³/mol. The van der Waals surface area contributed by atoms with Gasteiger partial charge >= 0.3 is 0 Å². The lowest BCUT2D eigenvalue weighted by atomic mass is 10.1. The zero-order valence-corrected chi connectivity index (χ0v) is 13.9. The topological polar surface area (TPSA) is 75.8 Å². The van der Waals surface area contributed by atoms with Crippen molar-refractivity contribution in [1.29, 1.82) is 0 Å². The number of carbonyl (C=O) groups excluding carboxylic acids is 1.